The van der Waals surface area contributed by atoms with E-state index in [1.165, 1.54) is 0 Å². The second kappa shape index (κ2) is 7.22. The van der Waals surface area contributed by atoms with Gasteiger partial charge in [-0.1, -0.05) is 0 Å². The molecule has 1 N–H and O–H groups in total. The van der Waals surface area contributed by atoms with E-state index in [1.807, 2.05) is 0 Å². The molecule has 2 bridgehead atoms. The van der Waals surface area contributed by atoms with Crippen molar-refractivity contribution in [2.45, 2.75) is 57.7 Å². The van der Waals surface area contributed by atoms with Crippen LogP contribution in [0.1, 0.15) is 39.5 Å². The van der Waals surface area contributed by atoms with Gasteiger partial charge in [-0.25, -0.2) is 0 Å². The highest BCUT2D eigenvalue weighted by Gasteiger charge is 2.44. The molecule has 0 amide bonds. The number of rotatable bonds is 5. The lowest BCUT2D eigenvalue weighted by molar-refractivity contribution is -0.157. The Morgan fingerprint density at radius 2 is 1.62 bits per heavy atom. The summed E-state index contributed by atoms with van der Waals surface area (Å²) in [5, 5.41) is 9.94. The predicted molar refractivity (Wildman–Crippen MR) is 75.5 cm³/mol. The van der Waals surface area contributed by atoms with Crippen LogP contribution in [-0.2, 0) is 19.1 Å². The smallest absolute Gasteiger partial charge is 0.320 e. The van der Waals surface area contributed by atoms with E-state index < -0.39 is 0 Å². The number of ether oxygens (including phenoxy) is 2. The molecule has 0 saturated carbocycles. The van der Waals surface area contributed by atoms with E-state index >= 15 is 0 Å². The zero-order valence-corrected chi connectivity index (χ0v) is 12.8. The van der Waals surface area contributed by atoms with Gasteiger partial charge in [-0.2, -0.15) is 0 Å². The van der Waals surface area contributed by atoms with Gasteiger partial charge in [0, 0.05) is 12.1 Å². The monoisotopic (exact) mass is 299 g/mol. The number of esters is 2. The van der Waals surface area contributed by atoms with Crippen molar-refractivity contribution in [1.82, 2.24) is 4.90 Å². The Morgan fingerprint density at radius 3 is 2.14 bits per heavy atom. The topological polar surface area (TPSA) is 76.1 Å². The Kier molecular flexibility index (Phi) is 5.58. The molecule has 2 saturated heterocycles. The first kappa shape index (κ1) is 16.2. The molecule has 2 rings (SSSR count). The quantitative estimate of drug-likeness (QED) is 0.754. The molecule has 0 aromatic rings. The minimum atomic E-state index is -0.346. The minimum Gasteiger partial charge on any atom is -0.466 e. The van der Waals surface area contributed by atoms with Crippen LogP contribution in [-0.4, -0.2) is 59.9 Å². The van der Waals surface area contributed by atoms with Crippen LogP contribution in [0.15, 0.2) is 0 Å². The summed E-state index contributed by atoms with van der Waals surface area (Å²) in [5.74, 6) is -0.510. The van der Waals surface area contributed by atoms with Crippen LogP contribution in [0.25, 0.3) is 0 Å². The zero-order chi connectivity index (χ0) is 15.4. The maximum atomic E-state index is 11.9. The van der Waals surface area contributed by atoms with E-state index in [1.54, 1.807) is 13.8 Å². The summed E-state index contributed by atoms with van der Waals surface area (Å²) < 4.78 is 10.1. The van der Waals surface area contributed by atoms with Crippen molar-refractivity contribution in [1.29, 1.82) is 0 Å². The largest absolute Gasteiger partial charge is 0.466 e. The van der Waals surface area contributed by atoms with Gasteiger partial charge < -0.3 is 14.6 Å². The molecule has 2 aliphatic heterocycles. The van der Waals surface area contributed by atoms with Crippen LogP contribution < -0.4 is 0 Å². The molecule has 2 atom stereocenters. The van der Waals surface area contributed by atoms with E-state index in [2.05, 4.69) is 4.90 Å². The number of carbonyl (C=O) groups is 2. The molecule has 21 heavy (non-hydrogen) atoms. The molecule has 0 spiro atoms. The van der Waals surface area contributed by atoms with Crippen LogP contribution >= 0.6 is 0 Å². The summed E-state index contributed by atoms with van der Waals surface area (Å²) in [5.41, 5.74) is 0. The second-order valence-corrected chi connectivity index (χ2v) is 5.83. The minimum absolute atomic E-state index is 0.0475. The van der Waals surface area contributed by atoms with Crippen LogP contribution in [0.4, 0.5) is 0 Å². The van der Waals surface area contributed by atoms with Crippen LogP contribution in [0.2, 0.25) is 0 Å². The summed E-state index contributed by atoms with van der Waals surface area (Å²) >= 11 is 0. The lowest BCUT2D eigenvalue weighted by atomic mass is 9.77. The van der Waals surface area contributed by atoms with Crippen LogP contribution in [0.3, 0.4) is 0 Å². The standard InChI is InChI=1S/C15H25NO5/c1-3-20-14(18)9-16-11-5-10(15(19)21-4-2)6-12(16)8-13(17)7-11/h10-13,17H,3-9H2,1-2H3/t10?,11-,12-,13?/m1/s1. The summed E-state index contributed by atoms with van der Waals surface area (Å²) in [6, 6.07) is 0.0950. The fraction of sp³-hybridized carbons (Fsp3) is 0.867. The van der Waals surface area contributed by atoms with Crippen molar-refractivity contribution >= 4 is 11.9 Å². The molecule has 0 aromatic heterocycles. The number of fused-ring (bicyclic) bond motifs is 2. The van der Waals surface area contributed by atoms with Gasteiger partial charge in [0.05, 0.1) is 31.8 Å². The fourth-order valence-electron chi connectivity index (χ4n) is 3.58. The van der Waals surface area contributed by atoms with E-state index in [4.69, 9.17) is 9.47 Å². The van der Waals surface area contributed by atoms with E-state index in [-0.39, 0.29) is 42.6 Å². The van der Waals surface area contributed by atoms with Gasteiger partial charge in [0.15, 0.2) is 0 Å². The summed E-state index contributed by atoms with van der Waals surface area (Å²) in [4.78, 5) is 25.8. The van der Waals surface area contributed by atoms with Crippen molar-refractivity contribution in [3.8, 4) is 0 Å². The average molecular weight is 299 g/mol. The molecule has 0 aromatic carbocycles. The highest BCUT2D eigenvalue weighted by atomic mass is 16.5. The third-order valence-electron chi connectivity index (χ3n) is 4.38. The van der Waals surface area contributed by atoms with Crippen molar-refractivity contribution in [3.63, 3.8) is 0 Å². The Balaban J connectivity index is 2.02. The van der Waals surface area contributed by atoms with E-state index in [0.29, 0.717) is 38.9 Å². The molecule has 6 nitrogen and oxygen atoms in total. The lowest BCUT2D eigenvalue weighted by Crippen LogP contribution is -2.57. The molecular formula is C15H25NO5. The van der Waals surface area contributed by atoms with Gasteiger partial charge in [-0.15, -0.1) is 0 Å². The molecule has 2 heterocycles. The number of hydrogen-bond donors (Lipinski definition) is 1. The fourth-order valence-corrected chi connectivity index (χ4v) is 3.58. The van der Waals surface area contributed by atoms with Crippen LogP contribution in [0.5, 0.6) is 0 Å². The van der Waals surface area contributed by atoms with Gasteiger partial charge in [-0.05, 0) is 39.5 Å². The maximum absolute atomic E-state index is 11.9. The van der Waals surface area contributed by atoms with Crippen molar-refractivity contribution in [2.75, 3.05) is 19.8 Å². The number of hydrogen-bond acceptors (Lipinski definition) is 6. The van der Waals surface area contributed by atoms with Crippen molar-refractivity contribution < 1.29 is 24.2 Å². The van der Waals surface area contributed by atoms with E-state index in [9.17, 15) is 14.7 Å². The molecule has 0 unspecified atom stereocenters. The third-order valence-corrected chi connectivity index (χ3v) is 4.38. The normalized spacial score (nSPS) is 32.5. The maximum Gasteiger partial charge on any atom is 0.320 e. The first-order chi connectivity index (χ1) is 10.0. The Morgan fingerprint density at radius 1 is 1.05 bits per heavy atom. The third kappa shape index (κ3) is 3.95. The summed E-state index contributed by atoms with van der Waals surface area (Å²) in [7, 11) is 0. The molecule has 2 fully saturated rings. The zero-order valence-electron chi connectivity index (χ0n) is 12.8. The molecule has 0 radical (unpaired) electrons. The number of aliphatic hydroxyl groups is 1. The van der Waals surface area contributed by atoms with Gasteiger partial charge in [0.2, 0.25) is 0 Å². The molecule has 2 aliphatic rings. The summed E-state index contributed by atoms with van der Waals surface area (Å²) in [6.07, 6.45) is 2.15. The molecule has 0 aliphatic carbocycles. The second-order valence-electron chi connectivity index (χ2n) is 5.83. The number of aliphatic hydroxyl groups excluding tert-OH is 1. The predicted octanol–water partition coefficient (Wildman–Crippen LogP) is 0.716. The van der Waals surface area contributed by atoms with Crippen molar-refractivity contribution in [3.05, 3.63) is 0 Å². The number of carbonyl (C=O) groups excluding carboxylic acids is 2. The molecule has 6 heteroatoms. The number of piperidine rings is 2. The van der Waals surface area contributed by atoms with Gasteiger partial charge in [-0.3, -0.25) is 14.5 Å². The molecular weight excluding hydrogens is 274 g/mol. The van der Waals surface area contributed by atoms with Crippen molar-refractivity contribution in [2.24, 2.45) is 5.92 Å². The van der Waals surface area contributed by atoms with Crippen LogP contribution in [0, 0.1) is 5.92 Å². The lowest BCUT2D eigenvalue weighted by Gasteiger charge is -2.49. The first-order valence-electron chi connectivity index (χ1n) is 7.81. The average Bonchev–Trinajstić information content (AvgIpc) is 2.40. The van der Waals surface area contributed by atoms with E-state index in [0.717, 1.165) is 0 Å². The highest BCUT2D eigenvalue weighted by Crippen LogP contribution is 2.37. The SMILES string of the molecule is CCOC(=O)CN1[C@H]2CC(O)C[C@H]1CC(C(=O)OCC)C2. The Labute approximate surface area is 125 Å². The van der Waals surface area contributed by atoms with Gasteiger partial charge >= 0.3 is 11.9 Å². The Bertz CT molecular complexity index is 370. The number of nitrogens with zero attached hydrogens (tertiary/aromatic N) is 1. The Hall–Kier alpha value is -1.14. The highest BCUT2D eigenvalue weighted by molar-refractivity contribution is 5.73. The van der Waals surface area contributed by atoms with Gasteiger partial charge in [0.1, 0.15) is 0 Å². The van der Waals surface area contributed by atoms with Gasteiger partial charge in [0.25, 0.3) is 0 Å². The first-order valence-corrected chi connectivity index (χ1v) is 7.81. The molecule has 120 valence electrons. The summed E-state index contributed by atoms with van der Waals surface area (Å²) in [6.45, 7) is 4.59.